The maximum Gasteiger partial charge on any atom is 0.226 e. The van der Waals surface area contributed by atoms with Crippen LogP contribution >= 0.6 is 12.2 Å². The first-order valence-corrected chi connectivity index (χ1v) is 11.4. The monoisotopic (exact) mass is 447 g/mol. The van der Waals surface area contributed by atoms with E-state index in [2.05, 4.69) is 57.3 Å². The van der Waals surface area contributed by atoms with Gasteiger partial charge in [0, 0.05) is 42.8 Å². The van der Waals surface area contributed by atoms with Gasteiger partial charge >= 0.3 is 0 Å². The molecule has 0 radical (unpaired) electrons. The van der Waals surface area contributed by atoms with Gasteiger partial charge in [0.2, 0.25) is 5.91 Å². The van der Waals surface area contributed by atoms with Crippen LogP contribution in [0.2, 0.25) is 0 Å². The molecule has 1 amide bonds. The SMILES string of the molecule is Cc1ccccc1NC(=O)CCN1C(=S)NC(c2ccccn2)C1c1cccn1C(C)C. The van der Waals surface area contributed by atoms with E-state index >= 15 is 0 Å². The number of hydrogen-bond donors (Lipinski definition) is 2. The van der Waals surface area contributed by atoms with Crippen molar-refractivity contribution < 1.29 is 4.79 Å². The molecule has 3 heterocycles. The largest absolute Gasteiger partial charge is 0.352 e. The smallest absolute Gasteiger partial charge is 0.226 e. The van der Waals surface area contributed by atoms with Crippen LogP contribution < -0.4 is 10.6 Å². The topological polar surface area (TPSA) is 62.2 Å². The zero-order chi connectivity index (χ0) is 22.7. The molecular formula is C25H29N5OS. The number of aromatic nitrogens is 2. The minimum Gasteiger partial charge on any atom is -0.352 e. The van der Waals surface area contributed by atoms with Gasteiger partial charge in [-0.25, -0.2) is 0 Å². The molecular weight excluding hydrogens is 418 g/mol. The van der Waals surface area contributed by atoms with Gasteiger partial charge in [-0.3, -0.25) is 9.78 Å². The highest BCUT2D eigenvalue weighted by Gasteiger charge is 2.41. The summed E-state index contributed by atoms with van der Waals surface area (Å²) >= 11 is 5.73. The molecule has 4 rings (SSSR count). The van der Waals surface area contributed by atoms with E-state index in [1.54, 1.807) is 6.20 Å². The minimum atomic E-state index is -0.0875. The number of carbonyl (C=O) groups excluding carboxylic acids is 1. The summed E-state index contributed by atoms with van der Waals surface area (Å²) in [7, 11) is 0. The van der Waals surface area contributed by atoms with Crippen LogP contribution in [0.4, 0.5) is 5.69 Å². The number of para-hydroxylation sites is 1. The van der Waals surface area contributed by atoms with Crippen LogP contribution in [0.5, 0.6) is 0 Å². The third-order valence-electron chi connectivity index (χ3n) is 5.87. The quantitative estimate of drug-likeness (QED) is 0.511. The summed E-state index contributed by atoms with van der Waals surface area (Å²) in [5.41, 5.74) is 3.98. The number of nitrogens with one attached hydrogen (secondary N) is 2. The predicted molar refractivity (Wildman–Crippen MR) is 131 cm³/mol. The fraction of sp³-hybridized carbons (Fsp3) is 0.320. The predicted octanol–water partition coefficient (Wildman–Crippen LogP) is 4.77. The summed E-state index contributed by atoms with van der Waals surface area (Å²) < 4.78 is 2.26. The van der Waals surface area contributed by atoms with E-state index < -0.39 is 0 Å². The fourth-order valence-corrected chi connectivity index (χ4v) is 4.58. The van der Waals surface area contributed by atoms with Crippen molar-refractivity contribution in [3.63, 3.8) is 0 Å². The lowest BCUT2D eigenvalue weighted by Crippen LogP contribution is -2.33. The molecule has 1 saturated heterocycles. The first-order valence-electron chi connectivity index (χ1n) is 11.0. The Morgan fingerprint density at radius 2 is 1.94 bits per heavy atom. The van der Waals surface area contributed by atoms with Gasteiger partial charge in [0.1, 0.15) is 0 Å². The van der Waals surface area contributed by atoms with E-state index in [1.165, 1.54) is 0 Å². The lowest BCUT2D eigenvalue weighted by atomic mass is 10.0. The molecule has 2 N–H and O–H groups in total. The van der Waals surface area contributed by atoms with Crippen molar-refractivity contribution in [2.45, 2.75) is 45.3 Å². The number of benzene rings is 1. The van der Waals surface area contributed by atoms with Gasteiger partial charge in [-0.05, 0) is 68.9 Å². The molecule has 1 fully saturated rings. The van der Waals surface area contributed by atoms with Crippen molar-refractivity contribution in [3.05, 3.63) is 83.9 Å². The van der Waals surface area contributed by atoms with E-state index in [9.17, 15) is 4.79 Å². The highest BCUT2D eigenvalue weighted by atomic mass is 32.1. The van der Waals surface area contributed by atoms with Gasteiger partial charge in [-0.2, -0.15) is 0 Å². The third-order valence-corrected chi connectivity index (χ3v) is 6.22. The molecule has 32 heavy (non-hydrogen) atoms. The maximum atomic E-state index is 12.7. The fourth-order valence-electron chi connectivity index (χ4n) is 4.24. The molecule has 1 aromatic carbocycles. The van der Waals surface area contributed by atoms with E-state index in [4.69, 9.17) is 12.2 Å². The van der Waals surface area contributed by atoms with Crippen LogP contribution in [-0.4, -0.2) is 32.0 Å². The first kappa shape index (κ1) is 22.0. The van der Waals surface area contributed by atoms with Crippen molar-refractivity contribution in [2.75, 3.05) is 11.9 Å². The van der Waals surface area contributed by atoms with E-state index in [1.807, 2.05) is 49.4 Å². The third kappa shape index (κ3) is 4.53. The summed E-state index contributed by atoms with van der Waals surface area (Å²) in [5, 5.41) is 7.13. The highest BCUT2D eigenvalue weighted by molar-refractivity contribution is 7.80. The number of carbonyl (C=O) groups is 1. The second kappa shape index (κ2) is 9.53. The minimum absolute atomic E-state index is 0.0265. The summed E-state index contributed by atoms with van der Waals surface area (Å²) in [6.45, 7) is 6.84. The van der Waals surface area contributed by atoms with E-state index in [0.717, 1.165) is 22.6 Å². The summed E-state index contributed by atoms with van der Waals surface area (Å²) in [4.78, 5) is 19.4. The standard InChI is InChI=1S/C25H29N5OS/c1-17(2)29-15-8-12-21(29)24-23(20-11-6-7-14-26-20)28-25(32)30(24)16-13-22(31)27-19-10-5-4-9-18(19)3/h4-12,14-15,17,23-24H,13,16H2,1-3H3,(H,27,31)(H,28,32). The van der Waals surface area contributed by atoms with Crippen molar-refractivity contribution in [1.82, 2.24) is 19.8 Å². The van der Waals surface area contributed by atoms with Gasteiger partial charge in [0.25, 0.3) is 0 Å². The molecule has 0 spiro atoms. The Hall–Kier alpha value is -3.19. The highest BCUT2D eigenvalue weighted by Crippen LogP contribution is 2.39. The molecule has 0 saturated carbocycles. The number of anilines is 1. The number of aryl methyl sites for hydroxylation is 1. The van der Waals surface area contributed by atoms with Crippen LogP contribution in [0.3, 0.4) is 0 Å². The Morgan fingerprint density at radius 1 is 1.16 bits per heavy atom. The number of pyridine rings is 1. The molecule has 6 nitrogen and oxygen atoms in total. The van der Waals surface area contributed by atoms with Crippen LogP contribution in [0.25, 0.3) is 0 Å². The van der Waals surface area contributed by atoms with Crippen LogP contribution in [0.15, 0.2) is 67.0 Å². The zero-order valence-corrected chi connectivity index (χ0v) is 19.5. The number of amides is 1. The van der Waals surface area contributed by atoms with Crippen LogP contribution in [-0.2, 0) is 4.79 Å². The summed E-state index contributed by atoms with van der Waals surface area (Å²) in [6, 6.07) is 18.1. The molecule has 2 unspecified atom stereocenters. The van der Waals surface area contributed by atoms with Crippen molar-refractivity contribution in [2.24, 2.45) is 0 Å². The number of hydrogen-bond acceptors (Lipinski definition) is 3. The van der Waals surface area contributed by atoms with Gasteiger partial charge in [0.15, 0.2) is 5.11 Å². The Kier molecular flexibility index (Phi) is 6.55. The lowest BCUT2D eigenvalue weighted by Gasteiger charge is -2.29. The van der Waals surface area contributed by atoms with E-state index in [-0.39, 0.29) is 18.0 Å². The number of rotatable bonds is 7. The summed E-state index contributed by atoms with van der Waals surface area (Å²) in [5.74, 6) is -0.0265. The second-order valence-electron chi connectivity index (χ2n) is 8.37. The van der Waals surface area contributed by atoms with Crippen LogP contribution in [0, 0.1) is 6.92 Å². The first-order chi connectivity index (χ1) is 15.5. The Balaban J connectivity index is 1.58. The molecule has 7 heteroatoms. The maximum absolute atomic E-state index is 12.7. The normalized spacial score (nSPS) is 18.1. The average molecular weight is 448 g/mol. The van der Waals surface area contributed by atoms with Gasteiger partial charge < -0.3 is 20.1 Å². The summed E-state index contributed by atoms with van der Waals surface area (Å²) in [6.07, 6.45) is 4.24. The molecule has 2 atom stereocenters. The van der Waals surface area contributed by atoms with Gasteiger partial charge in [-0.15, -0.1) is 0 Å². The average Bonchev–Trinajstić information content (AvgIpc) is 3.39. The Bertz CT molecular complexity index is 1090. The van der Waals surface area contributed by atoms with Gasteiger partial charge in [0.05, 0.1) is 17.8 Å². The van der Waals surface area contributed by atoms with Crippen molar-refractivity contribution in [3.8, 4) is 0 Å². The van der Waals surface area contributed by atoms with Gasteiger partial charge in [-0.1, -0.05) is 24.3 Å². The lowest BCUT2D eigenvalue weighted by molar-refractivity contribution is -0.116. The molecule has 1 aliphatic rings. The Labute approximate surface area is 194 Å². The zero-order valence-electron chi connectivity index (χ0n) is 18.7. The molecule has 2 aromatic heterocycles. The number of nitrogens with zero attached hydrogens (tertiary/aromatic N) is 3. The number of thiocarbonyl (C=S) groups is 1. The van der Waals surface area contributed by atoms with Crippen molar-refractivity contribution in [1.29, 1.82) is 0 Å². The molecule has 0 aliphatic carbocycles. The van der Waals surface area contributed by atoms with E-state index in [0.29, 0.717) is 24.1 Å². The second-order valence-corrected chi connectivity index (χ2v) is 8.75. The van der Waals surface area contributed by atoms with Crippen molar-refractivity contribution >= 4 is 28.9 Å². The molecule has 1 aliphatic heterocycles. The Morgan fingerprint density at radius 3 is 2.66 bits per heavy atom. The molecule has 0 bridgehead atoms. The van der Waals surface area contributed by atoms with Crippen LogP contribution in [0.1, 0.15) is 55.3 Å². The molecule has 3 aromatic rings. The molecule has 166 valence electrons.